The molecule has 1 saturated heterocycles. The molecule has 1 N–H and O–H groups in total. The molecule has 0 aliphatic carbocycles. The quantitative estimate of drug-likeness (QED) is 0.809. The van der Waals surface area contributed by atoms with E-state index in [1.54, 1.807) is 4.90 Å². The second kappa shape index (κ2) is 7.20. The molecule has 136 valence electrons. The molecular weight excluding hydrogens is 332 g/mol. The fourth-order valence-corrected chi connectivity index (χ4v) is 3.78. The van der Waals surface area contributed by atoms with E-state index in [2.05, 4.69) is 9.71 Å². The van der Waals surface area contributed by atoms with E-state index in [4.69, 9.17) is 4.42 Å². The lowest BCUT2D eigenvalue weighted by Crippen LogP contribution is -2.46. The van der Waals surface area contributed by atoms with E-state index in [9.17, 15) is 13.2 Å². The summed E-state index contributed by atoms with van der Waals surface area (Å²) in [5.74, 6) is 0.623. The summed E-state index contributed by atoms with van der Waals surface area (Å²) in [4.78, 5) is 18.4. The van der Waals surface area contributed by atoms with Gasteiger partial charge >= 0.3 is 0 Å². The highest BCUT2D eigenvalue weighted by Gasteiger charge is 2.40. The number of nitrogens with one attached hydrogen (secondary N) is 1. The minimum absolute atomic E-state index is 0.0423. The Morgan fingerprint density at radius 3 is 2.67 bits per heavy atom. The summed E-state index contributed by atoms with van der Waals surface area (Å²) in [5, 5.41) is 0. The number of hydrogen-bond acceptors (Lipinski definition) is 5. The Labute approximate surface area is 143 Å². The molecule has 0 spiro atoms. The van der Waals surface area contributed by atoms with Crippen molar-refractivity contribution in [2.75, 3.05) is 27.2 Å². The van der Waals surface area contributed by atoms with Crippen LogP contribution in [0.2, 0.25) is 0 Å². The van der Waals surface area contributed by atoms with Gasteiger partial charge in [0.1, 0.15) is 5.76 Å². The number of aromatic nitrogens is 1. The minimum Gasteiger partial charge on any atom is -0.448 e. The SMILES string of the molecule is CCc1ocnc1C(=O)N1C[C@@H](NS(=O)(=O)N(C)C)[C@H](C(C)C)C1. The minimum atomic E-state index is -3.55. The molecule has 0 bridgehead atoms. The van der Waals surface area contributed by atoms with Crippen molar-refractivity contribution in [3.63, 3.8) is 0 Å². The fraction of sp³-hybridized carbons (Fsp3) is 0.733. The van der Waals surface area contributed by atoms with Crippen LogP contribution in [0.15, 0.2) is 10.8 Å². The zero-order valence-electron chi connectivity index (χ0n) is 14.8. The van der Waals surface area contributed by atoms with Gasteiger partial charge in [0.05, 0.1) is 0 Å². The smallest absolute Gasteiger partial charge is 0.279 e. The van der Waals surface area contributed by atoms with Crippen molar-refractivity contribution in [1.82, 2.24) is 18.9 Å². The number of nitrogens with zero attached hydrogens (tertiary/aromatic N) is 3. The number of carbonyl (C=O) groups is 1. The van der Waals surface area contributed by atoms with Gasteiger partial charge in [-0.25, -0.2) is 4.98 Å². The zero-order chi connectivity index (χ0) is 18.1. The van der Waals surface area contributed by atoms with Gasteiger partial charge in [-0.2, -0.15) is 17.4 Å². The van der Waals surface area contributed by atoms with Crippen molar-refractivity contribution < 1.29 is 17.6 Å². The van der Waals surface area contributed by atoms with Gasteiger partial charge in [0.15, 0.2) is 12.1 Å². The van der Waals surface area contributed by atoms with E-state index in [0.717, 1.165) is 4.31 Å². The van der Waals surface area contributed by atoms with Gasteiger partial charge in [0.2, 0.25) is 0 Å². The molecule has 0 radical (unpaired) electrons. The second-order valence-electron chi connectivity index (χ2n) is 6.61. The molecule has 1 aromatic heterocycles. The van der Waals surface area contributed by atoms with Crippen molar-refractivity contribution in [3.05, 3.63) is 17.8 Å². The van der Waals surface area contributed by atoms with E-state index < -0.39 is 10.2 Å². The third-order valence-electron chi connectivity index (χ3n) is 4.45. The number of rotatable bonds is 6. The van der Waals surface area contributed by atoms with Crippen LogP contribution >= 0.6 is 0 Å². The lowest BCUT2D eigenvalue weighted by atomic mass is 9.92. The van der Waals surface area contributed by atoms with Gasteiger partial charge in [0.25, 0.3) is 16.1 Å². The van der Waals surface area contributed by atoms with E-state index in [0.29, 0.717) is 31.0 Å². The molecular formula is C15H26N4O4S. The number of hydrogen-bond donors (Lipinski definition) is 1. The summed E-state index contributed by atoms with van der Waals surface area (Å²) < 4.78 is 33.4. The van der Waals surface area contributed by atoms with Gasteiger partial charge in [-0.1, -0.05) is 20.8 Å². The molecule has 1 fully saturated rings. The lowest BCUT2D eigenvalue weighted by Gasteiger charge is -2.24. The molecule has 1 amide bonds. The first-order chi connectivity index (χ1) is 11.2. The highest BCUT2D eigenvalue weighted by molar-refractivity contribution is 7.87. The summed E-state index contributed by atoms with van der Waals surface area (Å²) in [7, 11) is -0.593. The van der Waals surface area contributed by atoms with Crippen LogP contribution < -0.4 is 4.72 Å². The highest BCUT2D eigenvalue weighted by atomic mass is 32.2. The van der Waals surface area contributed by atoms with Crippen LogP contribution in [0.25, 0.3) is 0 Å². The number of likely N-dealkylation sites (tertiary alicyclic amines) is 1. The Hall–Kier alpha value is -1.45. The van der Waals surface area contributed by atoms with Crippen LogP contribution in [-0.4, -0.2) is 61.7 Å². The maximum atomic E-state index is 12.7. The van der Waals surface area contributed by atoms with Crippen LogP contribution in [0.3, 0.4) is 0 Å². The first-order valence-corrected chi connectivity index (χ1v) is 9.52. The summed E-state index contributed by atoms with van der Waals surface area (Å²) in [5.41, 5.74) is 0.316. The first kappa shape index (κ1) is 18.9. The average Bonchev–Trinajstić information content (AvgIpc) is 3.12. The van der Waals surface area contributed by atoms with Gasteiger partial charge in [-0.05, 0) is 11.8 Å². The average molecular weight is 358 g/mol. The molecule has 2 rings (SSSR count). The molecule has 2 heterocycles. The van der Waals surface area contributed by atoms with E-state index in [1.807, 2.05) is 20.8 Å². The molecule has 0 saturated carbocycles. The molecule has 1 aromatic rings. The van der Waals surface area contributed by atoms with Crippen molar-refractivity contribution in [2.24, 2.45) is 11.8 Å². The zero-order valence-corrected chi connectivity index (χ0v) is 15.6. The summed E-state index contributed by atoms with van der Waals surface area (Å²) in [6.07, 6.45) is 1.85. The highest BCUT2D eigenvalue weighted by Crippen LogP contribution is 2.27. The van der Waals surface area contributed by atoms with Crippen LogP contribution in [0, 0.1) is 11.8 Å². The molecule has 0 aromatic carbocycles. The standard InChI is InChI=1S/C15H26N4O4S/c1-6-13-14(16-9-23-13)15(20)19-7-11(10(2)3)12(8-19)17-24(21,22)18(4)5/h9-12,17H,6-8H2,1-5H3/t11-,12+/m0/s1. The molecule has 24 heavy (non-hydrogen) atoms. The molecule has 8 nitrogen and oxygen atoms in total. The predicted molar refractivity (Wildman–Crippen MR) is 89.6 cm³/mol. The molecule has 1 aliphatic rings. The van der Waals surface area contributed by atoms with E-state index in [1.165, 1.54) is 20.5 Å². The molecule has 9 heteroatoms. The Balaban J connectivity index is 2.19. The third kappa shape index (κ3) is 3.79. The fourth-order valence-electron chi connectivity index (χ4n) is 2.94. The maximum Gasteiger partial charge on any atom is 0.279 e. The van der Waals surface area contributed by atoms with Gasteiger partial charge < -0.3 is 9.32 Å². The second-order valence-corrected chi connectivity index (χ2v) is 8.52. The Morgan fingerprint density at radius 1 is 1.46 bits per heavy atom. The largest absolute Gasteiger partial charge is 0.448 e. The van der Waals surface area contributed by atoms with Crippen molar-refractivity contribution in [1.29, 1.82) is 0 Å². The summed E-state index contributed by atoms with van der Waals surface area (Å²) >= 11 is 0. The summed E-state index contributed by atoms with van der Waals surface area (Å²) in [6.45, 7) is 6.77. The first-order valence-electron chi connectivity index (χ1n) is 8.08. The normalized spacial score (nSPS) is 21.9. The maximum absolute atomic E-state index is 12.7. The van der Waals surface area contributed by atoms with Gasteiger partial charge in [-0.15, -0.1) is 0 Å². The Bertz CT molecular complexity index is 683. The van der Waals surface area contributed by atoms with Crippen molar-refractivity contribution >= 4 is 16.1 Å². The number of amides is 1. The summed E-state index contributed by atoms with van der Waals surface area (Å²) in [6, 6.07) is -0.321. The van der Waals surface area contributed by atoms with Gasteiger partial charge in [-0.3, -0.25) is 4.79 Å². The predicted octanol–water partition coefficient (Wildman–Crippen LogP) is 0.730. The van der Waals surface area contributed by atoms with Gasteiger partial charge in [0, 0.05) is 39.6 Å². The van der Waals surface area contributed by atoms with Crippen molar-refractivity contribution in [3.8, 4) is 0 Å². The van der Waals surface area contributed by atoms with Crippen LogP contribution in [-0.2, 0) is 16.6 Å². The Morgan fingerprint density at radius 2 is 2.12 bits per heavy atom. The van der Waals surface area contributed by atoms with Crippen molar-refractivity contribution in [2.45, 2.75) is 33.2 Å². The number of carbonyl (C=O) groups excluding carboxylic acids is 1. The van der Waals surface area contributed by atoms with E-state index >= 15 is 0 Å². The lowest BCUT2D eigenvalue weighted by molar-refractivity contribution is 0.0775. The van der Waals surface area contributed by atoms with Crippen LogP contribution in [0.1, 0.15) is 37.0 Å². The topological polar surface area (TPSA) is 95.7 Å². The Kier molecular flexibility index (Phi) is 5.67. The van der Waals surface area contributed by atoms with Crippen LogP contribution in [0.5, 0.6) is 0 Å². The molecule has 0 unspecified atom stereocenters. The number of aryl methyl sites for hydroxylation is 1. The molecule has 2 atom stereocenters. The number of oxazole rings is 1. The monoisotopic (exact) mass is 358 g/mol. The third-order valence-corrected chi connectivity index (χ3v) is 6.02. The van der Waals surface area contributed by atoms with Crippen LogP contribution in [0.4, 0.5) is 0 Å². The molecule has 1 aliphatic heterocycles. The van der Waals surface area contributed by atoms with E-state index in [-0.39, 0.29) is 23.8 Å².